The van der Waals surface area contributed by atoms with Crippen LogP contribution >= 0.6 is 0 Å². The Morgan fingerprint density at radius 3 is 2.14 bits per heavy atom. The summed E-state index contributed by atoms with van der Waals surface area (Å²) in [4.78, 5) is 2.48. The van der Waals surface area contributed by atoms with E-state index in [0.717, 1.165) is 32.0 Å². The van der Waals surface area contributed by atoms with Gasteiger partial charge in [0.15, 0.2) is 0 Å². The zero-order valence-electron chi connectivity index (χ0n) is 14.7. The second-order valence-electron chi connectivity index (χ2n) is 6.06. The molecule has 0 saturated heterocycles. The van der Waals surface area contributed by atoms with Gasteiger partial charge < -0.3 is 10.2 Å². The average Bonchev–Trinajstić information content (AvgIpc) is 2.53. The molecule has 1 aromatic carbocycles. The van der Waals surface area contributed by atoms with Crippen molar-refractivity contribution in [3.63, 3.8) is 0 Å². The molecule has 0 aromatic heterocycles. The van der Waals surface area contributed by atoms with E-state index in [1.165, 1.54) is 24.1 Å². The summed E-state index contributed by atoms with van der Waals surface area (Å²) in [7, 11) is 0. The lowest BCUT2D eigenvalue weighted by Crippen LogP contribution is -2.28. The van der Waals surface area contributed by atoms with Crippen LogP contribution in [0.3, 0.4) is 0 Å². The Morgan fingerprint density at radius 1 is 1.00 bits per heavy atom. The topological polar surface area (TPSA) is 15.3 Å². The van der Waals surface area contributed by atoms with Gasteiger partial charge in [-0.25, -0.2) is 0 Å². The van der Waals surface area contributed by atoms with Gasteiger partial charge in [-0.2, -0.15) is 0 Å². The Kier molecular flexibility index (Phi) is 8.44. The molecule has 2 heteroatoms. The van der Waals surface area contributed by atoms with Gasteiger partial charge in [0.25, 0.3) is 0 Å². The first kappa shape index (κ1) is 18.0. The molecular formula is C19H34N2. The van der Waals surface area contributed by atoms with Crippen LogP contribution in [0.1, 0.15) is 65.5 Å². The van der Waals surface area contributed by atoms with E-state index in [2.05, 4.69) is 69.1 Å². The van der Waals surface area contributed by atoms with Gasteiger partial charge in [0, 0.05) is 24.8 Å². The molecule has 0 aliphatic carbocycles. The Labute approximate surface area is 131 Å². The van der Waals surface area contributed by atoms with E-state index in [1.807, 2.05) is 0 Å². The normalized spacial score (nSPS) is 14.0. The maximum absolute atomic E-state index is 3.63. The summed E-state index contributed by atoms with van der Waals surface area (Å²) in [5, 5.41) is 3.63. The van der Waals surface area contributed by atoms with E-state index in [-0.39, 0.29) is 0 Å². The number of nitrogens with one attached hydrogen (secondary N) is 1. The highest BCUT2D eigenvalue weighted by atomic mass is 15.1. The molecule has 2 unspecified atom stereocenters. The SMILES string of the molecule is CCCNC(CC)c1ccc(N(CC)CC(C)CC)cc1. The second kappa shape index (κ2) is 9.83. The van der Waals surface area contributed by atoms with Crippen molar-refractivity contribution in [3.8, 4) is 0 Å². The van der Waals surface area contributed by atoms with Gasteiger partial charge in [-0.05, 0) is 49.9 Å². The quantitative estimate of drug-likeness (QED) is 0.651. The minimum absolute atomic E-state index is 0.489. The van der Waals surface area contributed by atoms with Gasteiger partial charge in [0.05, 0.1) is 0 Å². The van der Waals surface area contributed by atoms with Crippen molar-refractivity contribution in [3.05, 3.63) is 29.8 Å². The molecule has 21 heavy (non-hydrogen) atoms. The summed E-state index contributed by atoms with van der Waals surface area (Å²) in [6.07, 6.45) is 3.57. The van der Waals surface area contributed by atoms with Crippen LogP contribution in [0, 0.1) is 5.92 Å². The number of rotatable bonds is 10. The molecule has 2 atom stereocenters. The smallest absolute Gasteiger partial charge is 0.0366 e. The van der Waals surface area contributed by atoms with E-state index >= 15 is 0 Å². The summed E-state index contributed by atoms with van der Waals surface area (Å²) < 4.78 is 0. The van der Waals surface area contributed by atoms with E-state index in [9.17, 15) is 0 Å². The molecule has 0 radical (unpaired) electrons. The van der Waals surface area contributed by atoms with Gasteiger partial charge in [-0.15, -0.1) is 0 Å². The maximum atomic E-state index is 3.63. The van der Waals surface area contributed by atoms with Crippen LogP contribution in [-0.2, 0) is 0 Å². The van der Waals surface area contributed by atoms with Crippen LogP contribution in [-0.4, -0.2) is 19.6 Å². The molecule has 0 amide bonds. The highest BCUT2D eigenvalue weighted by Crippen LogP contribution is 2.22. The number of hydrogen-bond acceptors (Lipinski definition) is 2. The molecular weight excluding hydrogens is 256 g/mol. The Bertz CT molecular complexity index is 372. The van der Waals surface area contributed by atoms with Crippen LogP contribution in [0.25, 0.3) is 0 Å². The van der Waals surface area contributed by atoms with Crippen molar-refractivity contribution in [2.75, 3.05) is 24.5 Å². The van der Waals surface area contributed by atoms with Crippen LogP contribution in [0.2, 0.25) is 0 Å². The molecule has 0 spiro atoms. The van der Waals surface area contributed by atoms with E-state index in [0.29, 0.717) is 6.04 Å². The summed E-state index contributed by atoms with van der Waals surface area (Å²) in [5.41, 5.74) is 2.76. The number of nitrogens with zero attached hydrogens (tertiary/aromatic N) is 1. The first-order valence-corrected chi connectivity index (χ1v) is 8.74. The average molecular weight is 290 g/mol. The summed E-state index contributed by atoms with van der Waals surface area (Å²) in [6, 6.07) is 9.66. The Hall–Kier alpha value is -1.02. The van der Waals surface area contributed by atoms with Crippen molar-refractivity contribution >= 4 is 5.69 Å². The van der Waals surface area contributed by atoms with Gasteiger partial charge in [-0.3, -0.25) is 0 Å². The molecule has 0 heterocycles. The third-order valence-corrected chi connectivity index (χ3v) is 4.32. The molecule has 0 saturated carbocycles. The zero-order valence-corrected chi connectivity index (χ0v) is 14.7. The highest BCUT2D eigenvalue weighted by Gasteiger charge is 2.11. The maximum Gasteiger partial charge on any atom is 0.0366 e. The molecule has 1 N–H and O–H groups in total. The Morgan fingerprint density at radius 2 is 1.67 bits per heavy atom. The lowest BCUT2D eigenvalue weighted by molar-refractivity contribution is 0.518. The molecule has 0 aliphatic heterocycles. The zero-order chi connectivity index (χ0) is 15.7. The molecule has 1 rings (SSSR count). The van der Waals surface area contributed by atoms with Gasteiger partial charge in [-0.1, -0.05) is 46.2 Å². The summed E-state index contributed by atoms with van der Waals surface area (Å²) >= 11 is 0. The van der Waals surface area contributed by atoms with Crippen molar-refractivity contribution in [2.45, 2.75) is 59.9 Å². The fraction of sp³-hybridized carbons (Fsp3) is 0.684. The lowest BCUT2D eigenvalue weighted by Gasteiger charge is -2.27. The largest absolute Gasteiger partial charge is 0.372 e. The predicted octanol–water partition coefficient (Wildman–Crippen LogP) is 5.01. The molecule has 0 bridgehead atoms. The fourth-order valence-electron chi connectivity index (χ4n) is 2.66. The van der Waals surface area contributed by atoms with Crippen LogP contribution in [0.15, 0.2) is 24.3 Å². The van der Waals surface area contributed by atoms with Gasteiger partial charge in [0.2, 0.25) is 0 Å². The number of benzene rings is 1. The third kappa shape index (κ3) is 5.70. The lowest BCUT2D eigenvalue weighted by atomic mass is 10.0. The Balaban J connectivity index is 2.74. The molecule has 1 aromatic rings. The molecule has 120 valence electrons. The molecule has 0 aliphatic rings. The second-order valence-corrected chi connectivity index (χ2v) is 6.06. The first-order valence-electron chi connectivity index (χ1n) is 8.74. The fourth-order valence-corrected chi connectivity index (χ4v) is 2.66. The van der Waals surface area contributed by atoms with Gasteiger partial charge >= 0.3 is 0 Å². The van der Waals surface area contributed by atoms with Crippen LogP contribution in [0.5, 0.6) is 0 Å². The first-order chi connectivity index (χ1) is 10.2. The minimum atomic E-state index is 0.489. The van der Waals surface area contributed by atoms with Gasteiger partial charge in [0.1, 0.15) is 0 Å². The minimum Gasteiger partial charge on any atom is -0.372 e. The van der Waals surface area contributed by atoms with Crippen molar-refractivity contribution < 1.29 is 0 Å². The van der Waals surface area contributed by atoms with Crippen LogP contribution < -0.4 is 10.2 Å². The third-order valence-electron chi connectivity index (χ3n) is 4.32. The predicted molar refractivity (Wildman–Crippen MR) is 95.1 cm³/mol. The number of hydrogen-bond donors (Lipinski definition) is 1. The van der Waals surface area contributed by atoms with E-state index < -0.39 is 0 Å². The molecule has 2 nitrogen and oxygen atoms in total. The summed E-state index contributed by atoms with van der Waals surface area (Å²) in [6.45, 7) is 14.6. The van der Waals surface area contributed by atoms with E-state index in [1.54, 1.807) is 0 Å². The van der Waals surface area contributed by atoms with Crippen molar-refractivity contribution in [1.29, 1.82) is 0 Å². The monoisotopic (exact) mass is 290 g/mol. The van der Waals surface area contributed by atoms with E-state index in [4.69, 9.17) is 0 Å². The van der Waals surface area contributed by atoms with Crippen molar-refractivity contribution in [1.82, 2.24) is 5.32 Å². The highest BCUT2D eigenvalue weighted by molar-refractivity contribution is 5.48. The summed E-state index contributed by atoms with van der Waals surface area (Å²) in [5.74, 6) is 0.749. The number of anilines is 1. The molecule has 0 fully saturated rings. The van der Waals surface area contributed by atoms with Crippen molar-refractivity contribution in [2.24, 2.45) is 5.92 Å². The standard InChI is InChI=1S/C19H34N2/c1-6-14-20-19(8-3)17-10-12-18(13-11-17)21(9-4)15-16(5)7-2/h10-13,16,19-20H,6-9,14-15H2,1-5H3. The van der Waals surface area contributed by atoms with Crippen LogP contribution in [0.4, 0.5) is 5.69 Å².